The highest BCUT2D eigenvalue weighted by atomic mass is 35.7. The van der Waals surface area contributed by atoms with Crippen molar-refractivity contribution in [1.29, 1.82) is 0 Å². The van der Waals surface area contributed by atoms with Gasteiger partial charge in [0.05, 0.1) is 14.2 Å². The summed E-state index contributed by atoms with van der Waals surface area (Å²) in [6.07, 6.45) is 0. The van der Waals surface area contributed by atoms with E-state index in [0.29, 0.717) is 0 Å². The molecule has 0 aliphatic rings. The van der Waals surface area contributed by atoms with Crippen molar-refractivity contribution in [3.05, 3.63) is 17.7 Å². The van der Waals surface area contributed by atoms with E-state index in [1.807, 2.05) is 0 Å². The van der Waals surface area contributed by atoms with Crippen LogP contribution >= 0.6 is 10.7 Å². The second-order valence-electron chi connectivity index (χ2n) is 2.92. The van der Waals surface area contributed by atoms with Crippen LogP contribution in [0.1, 0.15) is 10.4 Å². The molecule has 0 amide bonds. The van der Waals surface area contributed by atoms with E-state index in [0.717, 1.165) is 13.2 Å². The van der Waals surface area contributed by atoms with E-state index in [2.05, 4.69) is 0 Å². The summed E-state index contributed by atoms with van der Waals surface area (Å²) >= 11 is 0. The normalized spacial score (nSPS) is 11.0. The van der Waals surface area contributed by atoms with Crippen LogP contribution in [-0.4, -0.2) is 33.7 Å². The predicted molar refractivity (Wildman–Crippen MR) is 59.5 cm³/mol. The van der Waals surface area contributed by atoms with Crippen LogP contribution in [0.2, 0.25) is 0 Å². The van der Waals surface area contributed by atoms with Crippen molar-refractivity contribution in [2.75, 3.05) is 14.2 Å². The van der Waals surface area contributed by atoms with E-state index in [1.165, 1.54) is 13.2 Å². The zero-order valence-electron chi connectivity index (χ0n) is 8.93. The summed E-state index contributed by atoms with van der Waals surface area (Å²) in [6.45, 7) is 0. The lowest BCUT2D eigenvalue weighted by Crippen LogP contribution is -2.07. The van der Waals surface area contributed by atoms with Crippen LogP contribution in [-0.2, 0) is 9.05 Å². The second kappa shape index (κ2) is 4.80. The topological polar surface area (TPSA) is 89.9 Å². The number of rotatable bonds is 4. The summed E-state index contributed by atoms with van der Waals surface area (Å²) < 4.78 is 32.1. The molecule has 0 spiro atoms. The largest absolute Gasteiger partial charge is 0.496 e. The maximum Gasteiger partial charge on any atom is 0.343 e. The molecule has 0 atom stereocenters. The molecule has 8 heteroatoms. The number of carboxylic acid groups (broad SMARTS) is 1. The number of carbonyl (C=O) groups is 1. The number of methoxy groups -OCH3 is 2. The van der Waals surface area contributed by atoms with Crippen LogP contribution < -0.4 is 9.47 Å². The van der Waals surface area contributed by atoms with E-state index in [1.54, 1.807) is 0 Å². The Bertz CT molecular complexity index is 551. The zero-order valence-corrected chi connectivity index (χ0v) is 10.5. The number of carboxylic acids is 1. The fourth-order valence-electron chi connectivity index (χ4n) is 1.31. The lowest BCUT2D eigenvalue weighted by molar-refractivity contribution is 0.0689. The number of aromatic carboxylic acids is 1. The van der Waals surface area contributed by atoms with E-state index >= 15 is 0 Å². The SMILES string of the molecule is COc1ccc(S(=O)(=O)Cl)c(OC)c1C(=O)O. The van der Waals surface area contributed by atoms with Crippen molar-refractivity contribution in [2.24, 2.45) is 0 Å². The molecule has 0 heterocycles. The molecule has 0 saturated heterocycles. The fourth-order valence-corrected chi connectivity index (χ4v) is 2.31. The molecule has 0 aromatic heterocycles. The molecule has 6 nitrogen and oxygen atoms in total. The Balaban J connectivity index is 3.70. The van der Waals surface area contributed by atoms with E-state index in [9.17, 15) is 13.2 Å². The monoisotopic (exact) mass is 280 g/mol. The molecule has 0 saturated carbocycles. The molecule has 1 N–H and O–H groups in total. The first kappa shape index (κ1) is 13.6. The summed E-state index contributed by atoms with van der Waals surface area (Å²) in [4.78, 5) is 10.6. The number of hydrogen-bond donors (Lipinski definition) is 1. The van der Waals surface area contributed by atoms with Gasteiger partial charge in [0.2, 0.25) is 0 Å². The van der Waals surface area contributed by atoms with Gasteiger partial charge in [-0.1, -0.05) is 0 Å². The molecule has 0 bridgehead atoms. The number of hydrogen-bond acceptors (Lipinski definition) is 5. The summed E-state index contributed by atoms with van der Waals surface area (Å²) in [5, 5.41) is 9.00. The summed E-state index contributed by atoms with van der Waals surface area (Å²) in [7, 11) is 3.48. The van der Waals surface area contributed by atoms with Crippen molar-refractivity contribution in [2.45, 2.75) is 4.90 Å². The minimum atomic E-state index is -4.10. The van der Waals surface area contributed by atoms with Gasteiger partial charge in [-0.2, -0.15) is 0 Å². The smallest absolute Gasteiger partial charge is 0.343 e. The van der Waals surface area contributed by atoms with Crippen LogP contribution in [0.5, 0.6) is 11.5 Å². The molecule has 0 unspecified atom stereocenters. The van der Waals surface area contributed by atoms with Gasteiger partial charge in [0.15, 0.2) is 5.75 Å². The minimum Gasteiger partial charge on any atom is -0.496 e. The lowest BCUT2D eigenvalue weighted by atomic mass is 10.2. The van der Waals surface area contributed by atoms with E-state index < -0.39 is 25.5 Å². The van der Waals surface area contributed by atoms with Gasteiger partial charge in [-0.25, -0.2) is 13.2 Å². The average molecular weight is 281 g/mol. The number of halogens is 1. The van der Waals surface area contributed by atoms with E-state index in [4.69, 9.17) is 25.3 Å². The van der Waals surface area contributed by atoms with Crippen molar-refractivity contribution >= 4 is 25.7 Å². The van der Waals surface area contributed by atoms with Crippen molar-refractivity contribution < 1.29 is 27.8 Å². The average Bonchev–Trinajstić information content (AvgIpc) is 2.25. The molecular formula is C9H9ClO6S. The third-order valence-corrected chi connectivity index (χ3v) is 3.33. The first-order chi connectivity index (χ1) is 7.82. The Morgan fingerprint density at radius 2 is 1.88 bits per heavy atom. The van der Waals surface area contributed by atoms with Crippen molar-refractivity contribution in [3.63, 3.8) is 0 Å². The number of benzene rings is 1. The fraction of sp³-hybridized carbons (Fsp3) is 0.222. The highest BCUT2D eigenvalue weighted by molar-refractivity contribution is 8.13. The van der Waals surface area contributed by atoms with Gasteiger partial charge in [0.25, 0.3) is 9.05 Å². The Kier molecular flexibility index (Phi) is 3.84. The standard InChI is InChI=1S/C9H9ClO6S/c1-15-5-3-4-6(17(10,13)14)8(16-2)7(5)9(11)12/h3-4H,1-2H3,(H,11,12). The maximum absolute atomic E-state index is 11.2. The van der Waals surface area contributed by atoms with Crippen LogP contribution in [0.15, 0.2) is 17.0 Å². The molecule has 94 valence electrons. The van der Waals surface area contributed by atoms with Gasteiger partial charge in [-0.05, 0) is 12.1 Å². The molecule has 1 rings (SSSR count). The predicted octanol–water partition coefficient (Wildman–Crippen LogP) is 1.33. The Morgan fingerprint density at radius 3 is 2.24 bits per heavy atom. The quantitative estimate of drug-likeness (QED) is 0.837. The van der Waals surface area contributed by atoms with Crippen molar-refractivity contribution in [1.82, 2.24) is 0 Å². The Labute approximate surface area is 102 Å². The first-order valence-electron chi connectivity index (χ1n) is 4.25. The molecule has 0 radical (unpaired) electrons. The summed E-state index contributed by atoms with van der Waals surface area (Å²) in [5.41, 5.74) is -0.392. The molecule has 0 aliphatic carbocycles. The van der Waals surface area contributed by atoms with Crippen LogP contribution in [0.4, 0.5) is 0 Å². The van der Waals surface area contributed by atoms with Crippen LogP contribution in [0.3, 0.4) is 0 Å². The summed E-state index contributed by atoms with van der Waals surface area (Å²) in [5.74, 6) is -1.74. The van der Waals surface area contributed by atoms with E-state index in [-0.39, 0.29) is 11.5 Å². The van der Waals surface area contributed by atoms with Gasteiger partial charge in [-0.3, -0.25) is 0 Å². The van der Waals surface area contributed by atoms with Crippen LogP contribution in [0.25, 0.3) is 0 Å². The molecule has 0 aliphatic heterocycles. The van der Waals surface area contributed by atoms with Gasteiger partial charge in [-0.15, -0.1) is 0 Å². The van der Waals surface area contributed by atoms with Crippen LogP contribution in [0, 0.1) is 0 Å². The van der Waals surface area contributed by atoms with Gasteiger partial charge >= 0.3 is 5.97 Å². The highest BCUT2D eigenvalue weighted by Crippen LogP contribution is 2.36. The molecule has 1 aromatic rings. The third-order valence-electron chi connectivity index (χ3n) is 1.98. The first-order valence-corrected chi connectivity index (χ1v) is 6.56. The highest BCUT2D eigenvalue weighted by Gasteiger charge is 2.26. The van der Waals surface area contributed by atoms with Gasteiger partial charge in [0.1, 0.15) is 16.2 Å². The number of ether oxygens (including phenoxy) is 2. The Hall–Kier alpha value is -1.47. The van der Waals surface area contributed by atoms with Gasteiger partial charge in [0, 0.05) is 10.7 Å². The van der Waals surface area contributed by atoms with Gasteiger partial charge < -0.3 is 14.6 Å². The molecular weight excluding hydrogens is 272 g/mol. The molecule has 1 aromatic carbocycles. The second-order valence-corrected chi connectivity index (χ2v) is 5.45. The molecule has 17 heavy (non-hydrogen) atoms. The molecule has 0 fully saturated rings. The minimum absolute atomic E-state index is 0.0154. The zero-order chi connectivity index (χ0) is 13.2. The summed E-state index contributed by atoms with van der Waals surface area (Å²) in [6, 6.07) is 2.31. The third kappa shape index (κ3) is 2.62. The maximum atomic E-state index is 11.2. The lowest BCUT2D eigenvalue weighted by Gasteiger charge is -2.12. The van der Waals surface area contributed by atoms with Crippen molar-refractivity contribution in [3.8, 4) is 11.5 Å². The Morgan fingerprint density at radius 1 is 1.29 bits per heavy atom.